The van der Waals surface area contributed by atoms with E-state index in [1.54, 1.807) is 19.1 Å². The minimum absolute atomic E-state index is 0. The van der Waals surface area contributed by atoms with Crippen LogP contribution >= 0.6 is 0 Å². The van der Waals surface area contributed by atoms with Crippen LogP contribution in [0.15, 0.2) is 36.0 Å². The van der Waals surface area contributed by atoms with Crippen LogP contribution in [-0.2, 0) is 27.3 Å². The first-order valence-corrected chi connectivity index (χ1v) is 5.81. The number of allylic oxidation sites excluding steroid dienone is 1. The molecule has 0 aliphatic heterocycles. The molecule has 0 aliphatic carbocycles. The number of hydrogen-bond donors (Lipinski definition) is 2. The van der Waals surface area contributed by atoms with Crippen molar-refractivity contribution in [3.05, 3.63) is 47.2 Å². The molecule has 2 N–H and O–H groups in total. The molecule has 1 aromatic carbocycles. The van der Waals surface area contributed by atoms with Crippen LogP contribution in [0.3, 0.4) is 0 Å². The Kier molecular flexibility index (Phi) is 9.78. The zero-order valence-electron chi connectivity index (χ0n) is 12.0. The van der Waals surface area contributed by atoms with Crippen molar-refractivity contribution in [3.8, 4) is 0 Å². The molecule has 5 nitrogen and oxygen atoms in total. The van der Waals surface area contributed by atoms with Gasteiger partial charge in [0.05, 0.1) is 13.5 Å². The number of aliphatic carboxylic acids is 1. The molecule has 0 aliphatic rings. The number of carboxylic acid groups (broad SMARTS) is 1. The van der Waals surface area contributed by atoms with Crippen LogP contribution in [0.25, 0.3) is 0 Å². The summed E-state index contributed by atoms with van der Waals surface area (Å²) >= 11 is 0. The van der Waals surface area contributed by atoms with Gasteiger partial charge in [-0.2, -0.15) is 0 Å². The van der Waals surface area contributed by atoms with Gasteiger partial charge in [0.1, 0.15) is 0 Å². The molecule has 0 unspecified atom stereocenters. The van der Waals surface area contributed by atoms with Gasteiger partial charge in [-0.3, -0.25) is 4.79 Å². The first-order valence-electron chi connectivity index (χ1n) is 5.81. The molecule has 6 heteroatoms. The van der Waals surface area contributed by atoms with Crippen molar-refractivity contribution in [1.29, 1.82) is 0 Å². The van der Waals surface area contributed by atoms with E-state index in [0.717, 1.165) is 11.1 Å². The molecule has 0 atom stereocenters. The average Bonchev–Trinajstić information content (AvgIpc) is 2.37. The number of hydrogen-bond acceptors (Lipinski definition) is 4. The first-order chi connectivity index (χ1) is 9.02. The molecule has 103 valence electrons. The second-order valence-corrected chi connectivity index (χ2v) is 4.04. The molecule has 0 amide bonds. The average molecular weight is 302 g/mol. The first kappa shape index (κ1) is 19.3. The van der Waals surface area contributed by atoms with Gasteiger partial charge in [-0.25, -0.2) is 4.79 Å². The van der Waals surface area contributed by atoms with Crippen molar-refractivity contribution in [3.63, 3.8) is 0 Å². The number of rotatable bonds is 6. The van der Waals surface area contributed by atoms with Crippen molar-refractivity contribution >= 4 is 63.3 Å². The van der Waals surface area contributed by atoms with E-state index in [2.05, 4.69) is 10.1 Å². The molecule has 0 fully saturated rings. The predicted molar refractivity (Wildman–Crippen MR) is 76.1 cm³/mol. The Labute approximate surface area is 160 Å². The largest absolute Gasteiger partial charge is 0.481 e. The monoisotopic (exact) mass is 302 g/mol. The second kappa shape index (κ2) is 10.1. The van der Waals surface area contributed by atoms with Gasteiger partial charge in [-0.15, -0.1) is 0 Å². The van der Waals surface area contributed by atoms with Gasteiger partial charge >= 0.3 is 11.9 Å². The summed E-state index contributed by atoms with van der Waals surface area (Å²) in [5, 5.41) is 11.9. The maximum absolute atomic E-state index is 11.0. The Morgan fingerprint density at radius 2 is 1.90 bits per heavy atom. The zero-order valence-corrected chi connectivity index (χ0v) is 15.1. The maximum atomic E-state index is 11.0. The van der Waals surface area contributed by atoms with Gasteiger partial charge in [-0.1, -0.05) is 24.3 Å². The molecule has 0 heterocycles. The molecular weight excluding hydrogens is 285 g/mol. The summed E-state index contributed by atoms with van der Waals surface area (Å²) in [5.74, 6) is -1.29. The van der Waals surface area contributed by atoms with E-state index in [-0.39, 0.29) is 57.8 Å². The molecule has 0 saturated heterocycles. The van der Waals surface area contributed by atoms with Crippen molar-refractivity contribution in [2.45, 2.75) is 19.9 Å². The van der Waals surface area contributed by atoms with Crippen molar-refractivity contribution in [2.24, 2.45) is 0 Å². The van der Waals surface area contributed by atoms with Crippen LogP contribution in [0, 0.1) is 0 Å². The molecule has 20 heavy (non-hydrogen) atoms. The third-order valence-corrected chi connectivity index (χ3v) is 2.55. The summed E-state index contributed by atoms with van der Waals surface area (Å²) in [6.07, 6.45) is 1.33. The number of carbonyl (C=O) groups excluding carboxylic acids is 1. The SMILES string of the molecule is COC(=O)C=C(C)NCc1ccccc1CC(=O)O.[K]. The number of carbonyl (C=O) groups is 2. The van der Waals surface area contributed by atoms with E-state index >= 15 is 0 Å². The van der Waals surface area contributed by atoms with Gasteiger partial charge in [-0.05, 0) is 18.1 Å². The molecule has 0 aromatic heterocycles. The van der Waals surface area contributed by atoms with E-state index in [9.17, 15) is 9.59 Å². The Morgan fingerprint density at radius 1 is 1.30 bits per heavy atom. The van der Waals surface area contributed by atoms with E-state index in [1.165, 1.54) is 13.2 Å². The number of benzene rings is 1. The summed E-state index contributed by atoms with van der Waals surface area (Å²) in [6.45, 7) is 2.21. The molecule has 0 bridgehead atoms. The quantitative estimate of drug-likeness (QED) is 0.467. The second-order valence-electron chi connectivity index (χ2n) is 4.04. The summed E-state index contributed by atoms with van der Waals surface area (Å²) in [4.78, 5) is 21.8. The standard InChI is InChI=1S/C14H17NO4.K/c1-10(7-14(18)19-2)15-9-12-6-4-3-5-11(12)8-13(16)17;/h3-7,15H,8-9H2,1-2H3,(H,16,17);. The molecule has 0 spiro atoms. The van der Waals surface area contributed by atoms with Crippen LogP contribution in [0.1, 0.15) is 18.1 Å². The number of nitrogens with one attached hydrogen (secondary N) is 1. The Hall–Kier alpha value is -0.664. The maximum Gasteiger partial charge on any atom is 0.332 e. The van der Waals surface area contributed by atoms with E-state index in [4.69, 9.17) is 5.11 Å². The number of carboxylic acids is 1. The van der Waals surface area contributed by atoms with Gasteiger partial charge in [0.15, 0.2) is 0 Å². The normalized spacial score (nSPS) is 10.4. The zero-order chi connectivity index (χ0) is 14.3. The predicted octanol–water partition coefficient (Wildman–Crippen LogP) is 1.10. The number of methoxy groups -OCH3 is 1. The molecule has 1 radical (unpaired) electrons. The van der Waals surface area contributed by atoms with Gasteiger partial charge in [0.2, 0.25) is 0 Å². The number of esters is 1. The van der Waals surface area contributed by atoms with Crippen molar-refractivity contribution < 1.29 is 19.4 Å². The fourth-order valence-electron chi connectivity index (χ4n) is 1.59. The van der Waals surface area contributed by atoms with Crippen LogP contribution in [-0.4, -0.2) is 75.5 Å². The van der Waals surface area contributed by atoms with E-state index in [1.807, 2.05) is 12.1 Å². The van der Waals surface area contributed by atoms with Gasteiger partial charge in [0.25, 0.3) is 0 Å². The Morgan fingerprint density at radius 3 is 2.45 bits per heavy atom. The molecule has 1 aromatic rings. The fraction of sp³-hybridized carbons (Fsp3) is 0.286. The number of ether oxygens (including phenoxy) is 1. The third kappa shape index (κ3) is 7.21. The van der Waals surface area contributed by atoms with Crippen LogP contribution in [0.5, 0.6) is 0 Å². The smallest absolute Gasteiger partial charge is 0.332 e. The van der Waals surface area contributed by atoms with Gasteiger partial charge < -0.3 is 15.2 Å². The summed E-state index contributed by atoms with van der Waals surface area (Å²) in [5.41, 5.74) is 2.31. The Bertz CT molecular complexity index is 500. The van der Waals surface area contributed by atoms with Crippen molar-refractivity contribution in [1.82, 2.24) is 5.32 Å². The fourth-order valence-corrected chi connectivity index (χ4v) is 1.59. The van der Waals surface area contributed by atoms with Gasteiger partial charge in [0, 0.05) is 69.7 Å². The summed E-state index contributed by atoms with van der Waals surface area (Å²) in [6, 6.07) is 7.29. The minimum Gasteiger partial charge on any atom is -0.481 e. The minimum atomic E-state index is -0.866. The van der Waals surface area contributed by atoms with Crippen molar-refractivity contribution in [2.75, 3.05) is 7.11 Å². The van der Waals surface area contributed by atoms with Crippen LogP contribution in [0.2, 0.25) is 0 Å². The topological polar surface area (TPSA) is 75.6 Å². The van der Waals surface area contributed by atoms with Crippen LogP contribution in [0.4, 0.5) is 0 Å². The summed E-state index contributed by atoms with van der Waals surface area (Å²) in [7, 11) is 1.31. The van der Waals surface area contributed by atoms with E-state index in [0.29, 0.717) is 12.2 Å². The summed E-state index contributed by atoms with van der Waals surface area (Å²) < 4.78 is 4.52. The Balaban J connectivity index is 0.00000361. The molecular formula is C14H17KNO4. The molecule has 1 rings (SSSR count). The molecule has 0 saturated carbocycles. The van der Waals surface area contributed by atoms with E-state index < -0.39 is 11.9 Å². The third-order valence-electron chi connectivity index (χ3n) is 2.55. The van der Waals surface area contributed by atoms with Crippen LogP contribution < -0.4 is 5.32 Å².